The van der Waals surface area contributed by atoms with Gasteiger partial charge in [-0.1, -0.05) is 55.2 Å². The monoisotopic (exact) mass is 425 g/mol. The summed E-state index contributed by atoms with van der Waals surface area (Å²) in [5, 5.41) is 4.26. The minimum atomic E-state index is -0.479. The van der Waals surface area contributed by atoms with Crippen molar-refractivity contribution in [1.29, 1.82) is 0 Å². The fraction of sp³-hybridized carbons (Fsp3) is 0.381. The second kappa shape index (κ2) is 11.5. The summed E-state index contributed by atoms with van der Waals surface area (Å²) in [6.07, 6.45) is 1.12. The van der Waals surface area contributed by atoms with Gasteiger partial charge in [0.05, 0.1) is 0 Å². The highest BCUT2D eigenvalue weighted by molar-refractivity contribution is 7.98. The molecular weight excluding hydrogens is 401 g/mol. The number of aryl methyl sites for hydroxylation is 1. The van der Waals surface area contributed by atoms with E-state index in [2.05, 4.69) is 12.2 Å². The molecule has 1 atom stereocenters. The third kappa shape index (κ3) is 7.28. The predicted octanol–water partition coefficient (Wildman–Crippen LogP) is 5.76. The largest absolute Gasteiger partial charge is 0.481 e. The van der Waals surface area contributed by atoms with Gasteiger partial charge in [-0.2, -0.15) is 11.8 Å². The third-order valence-electron chi connectivity index (χ3n) is 4.09. The van der Waals surface area contributed by atoms with E-state index in [-0.39, 0.29) is 5.91 Å². The average molecular weight is 426 g/mol. The maximum Gasteiger partial charge on any atom is 0.261 e. The minimum Gasteiger partial charge on any atom is -0.481 e. The van der Waals surface area contributed by atoms with Crippen LogP contribution >= 0.6 is 35.0 Å². The van der Waals surface area contributed by atoms with Crippen molar-refractivity contribution in [3.8, 4) is 5.75 Å². The van der Waals surface area contributed by atoms with Gasteiger partial charge in [-0.15, -0.1) is 0 Å². The maximum absolute atomic E-state index is 12.3. The number of carbonyl (C=O) groups excluding carboxylic acids is 1. The number of ether oxygens (including phenoxy) is 1. The van der Waals surface area contributed by atoms with Crippen LogP contribution in [0, 0.1) is 0 Å². The molecule has 0 saturated heterocycles. The van der Waals surface area contributed by atoms with Gasteiger partial charge in [-0.25, -0.2) is 0 Å². The van der Waals surface area contributed by atoms with E-state index in [4.69, 9.17) is 27.9 Å². The fourth-order valence-electron chi connectivity index (χ4n) is 2.47. The maximum atomic E-state index is 12.3. The Morgan fingerprint density at radius 1 is 1.15 bits per heavy atom. The van der Waals surface area contributed by atoms with E-state index in [1.54, 1.807) is 17.8 Å². The highest BCUT2D eigenvalue weighted by Gasteiger charge is 2.17. The quantitative estimate of drug-likeness (QED) is 0.491. The molecule has 2 aromatic carbocycles. The highest BCUT2D eigenvalue weighted by atomic mass is 35.5. The first-order valence-corrected chi connectivity index (χ1v) is 11.0. The lowest BCUT2D eigenvalue weighted by Crippen LogP contribution is -2.39. The molecular formula is C21H25Cl2NO2S. The summed E-state index contributed by atoms with van der Waals surface area (Å²) >= 11 is 13.8. The van der Waals surface area contributed by atoms with Crippen LogP contribution in [0.2, 0.25) is 10.0 Å². The first-order chi connectivity index (χ1) is 13.0. The normalized spacial score (nSPS) is 11.9. The standard InChI is InChI=1S/C21H25Cl2NO2S/c1-3-15-5-9-18(10-6-15)26-20(4-2)21(25)24-11-12-27-14-16-7-8-17(22)13-19(16)23/h5-10,13,20H,3-4,11-12,14H2,1-2H3,(H,24,25)/t20-/m0/s1. The molecule has 0 spiro atoms. The fourth-order valence-corrected chi connectivity index (χ4v) is 3.89. The van der Waals surface area contributed by atoms with E-state index in [1.807, 2.05) is 43.3 Å². The SMILES string of the molecule is CCc1ccc(O[C@@H](CC)C(=O)NCCSCc2ccc(Cl)cc2Cl)cc1. The Hall–Kier alpha value is -1.36. The summed E-state index contributed by atoms with van der Waals surface area (Å²) in [4.78, 5) is 12.3. The lowest BCUT2D eigenvalue weighted by Gasteiger charge is -2.17. The van der Waals surface area contributed by atoms with Crippen molar-refractivity contribution in [1.82, 2.24) is 5.32 Å². The molecule has 1 N–H and O–H groups in total. The van der Waals surface area contributed by atoms with E-state index in [0.29, 0.717) is 23.0 Å². The van der Waals surface area contributed by atoms with Crippen LogP contribution in [0.4, 0.5) is 0 Å². The zero-order chi connectivity index (χ0) is 19.6. The zero-order valence-corrected chi connectivity index (χ0v) is 18.0. The van der Waals surface area contributed by atoms with Gasteiger partial charge in [0, 0.05) is 28.1 Å². The molecule has 3 nitrogen and oxygen atoms in total. The minimum absolute atomic E-state index is 0.0813. The number of hydrogen-bond donors (Lipinski definition) is 1. The van der Waals surface area contributed by atoms with Crippen molar-refractivity contribution < 1.29 is 9.53 Å². The van der Waals surface area contributed by atoms with Gasteiger partial charge in [0.25, 0.3) is 5.91 Å². The van der Waals surface area contributed by atoms with E-state index in [9.17, 15) is 4.79 Å². The molecule has 2 aromatic rings. The van der Waals surface area contributed by atoms with E-state index < -0.39 is 6.10 Å². The Kier molecular flexibility index (Phi) is 9.32. The zero-order valence-electron chi connectivity index (χ0n) is 15.6. The topological polar surface area (TPSA) is 38.3 Å². The molecule has 0 unspecified atom stereocenters. The van der Waals surface area contributed by atoms with Crippen molar-refractivity contribution in [2.45, 2.75) is 38.5 Å². The van der Waals surface area contributed by atoms with Crippen LogP contribution in [0.25, 0.3) is 0 Å². The smallest absolute Gasteiger partial charge is 0.261 e. The Bertz CT molecular complexity index is 737. The van der Waals surface area contributed by atoms with Crippen LogP contribution in [0.1, 0.15) is 31.4 Å². The van der Waals surface area contributed by atoms with Gasteiger partial charge in [0.15, 0.2) is 6.10 Å². The van der Waals surface area contributed by atoms with E-state index in [1.165, 1.54) is 5.56 Å². The molecule has 0 fully saturated rings. The molecule has 0 bridgehead atoms. The second-order valence-corrected chi connectivity index (χ2v) is 8.04. The lowest BCUT2D eigenvalue weighted by molar-refractivity contribution is -0.127. The Morgan fingerprint density at radius 3 is 2.52 bits per heavy atom. The molecule has 146 valence electrons. The summed E-state index contributed by atoms with van der Waals surface area (Å²) in [5.74, 6) is 2.22. The molecule has 2 rings (SSSR count). The van der Waals surface area contributed by atoms with E-state index >= 15 is 0 Å². The molecule has 27 heavy (non-hydrogen) atoms. The van der Waals surface area contributed by atoms with E-state index in [0.717, 1.165) is 29.2 Å². The van der Waals surface area contributed by atoms with Crippen LogP contribution in [0.15, 0.2) is 42.5 Å². The Balaban J connectivity index is 1.72. The van der Waals surface area contributed by atoms with Crippen LogP contribution in [-0.4, -0.2) is 24.3 Å². The van der Waals surface area contributed by atoms with Crippen LogP contribution in [0.3, 0.4) is 0 Å². The van der Waals surface area contributed by atoms with Gasteiger partial charge in [-0.3, -0.25) is 4.79 Å². The number of nitrogens with one attached hydrogen (secondary N) is 1. The third-order valence-corrected chi connectivity index (χ3v) is 5.69. The molecule has 0 radical (unpaired) electrons. The van der Waals surface area contributed by atoms with Gasteiger partial charge in [0.2, 0.25) is 0 Å². The molecule has 0 aliphatic carbocycles. The summed E-state index contributed by atoms with van der Waals surface area (Å²) < 4.78 is 5.83. The number of hydrogen-bond acceptors (Lipinski definition) is 3. The van der Waals surface area contributed by atoms with Crippen LogP contribution in [-0.2, 0) is 17.0 Å². The number of benzene rings is 2. The van der Waals surface area contributed by atoms with Crippen LogP contribution in [0.5, 0.6) is 5.75 Å². The van der Waals surface area contributed by atoms with Crippen molar-refractivity contribution in [2.24, 2.45) is 0 Å². The molecule has 6 heteroatoms. The van der Waals surface area contributed by atoms with Crippen molar-refractivity contribution >= 4 is 40.9 Å². The highest BCUT2D eigenvalue weighted by Crippen LogP contribution is 2.24. The first-order valence-electron chi connectivity index (χ1n) is 9.08. The number of halogens is 2. The Labute approximate surface area is 175 Å². The summed E-state index contributed by atoms with van der Waals surface area (Å²) in [6.45, 7) is 4.64. The number of carbonyl (C=O) groups is 1. The van der Waals surface area contributed by atoms with Crippen molar-refractivity contribution in [3.63, 3.8) is 0 Å². The van der Waals surface area contributed by atoms with Gasteiger partial charge >= 0.3 is 0 Å². The Morgan fingerprint density at radius 2 is 1.89 bits per heavy atom. The summed E-state index contributed by atoms with van der Waals surface area (Å²) in [7, 11) is 0. The molecule has 0 aromatic heterocycles. The van der Waals surface area contributed by atoms with Crippen LogP contribution < -0.4 is 10.1 Å². The summed E-state index contributed by atoms with van der Waals surface area (Å²) in [6, 6.07) is 13.4. The lowest BCUT2D eigenvalue weighted by atomic mass is 10.2. The van der Waals surface area contributed by atoms with Gasteiger partial charge in [-0.05, 0) is 48.2 Å². The second-order valence-electron chi connectivity index (χ2n) is 6.09. The average Bonchev–Trinajstić information content (AvgIpc) is 2.67. The van der Waals surface area contributed by atoms with Gasteiger partial charge < -0.3 is 10.1 Å². The molecule has 0 heterocycles. The number of thioether (sulfide) groups is 1. The first kappa shape index (κ1) is 21.9. The molecule has 1 amide bonds. The number of amides is 1. The molecule has 0 saturated carbocycles. The van der Waals surface area contributed by atoms with Gasteiger partial charge in [0.1, 0.15) is 5.75 Å². The molecule has 0 aliphatic heterocycles. The van der Waals surface area contributed by atoms with Crippen molar-refractivity contribution in [3.05, 3.63) is 63.6 Å². The summed E-state index contributed by atoms with van der Waals surface area (Å²) in [5.41, 5.74) is 2.29. The molecule has 0 aliphatic rings. The predicted molar refractivity (Wildman–Crippen MR) is 116 cm³/mol. The number of rotatable bonds is 10. The van der Waals surface area contributed by atoms with Crippen molar-refractivity contribution in [2.75, 3.05) is 12.3 Å².